The molecule has 2 amide bonds. The van der Waals surface area contributed by atoms with Crippen molar-refractivity contribution in [3.63, 3.8) is 0 Å². The predicted molar refractivity (Wildman–Crippen MR) is 134 cm³/mol. The molecule has 1 atom stereocenters. The SMILES string of the molecule is CCC1CCCCN1C(=O)c1cn(Cc2cccc(OC)c2)cc(C(=O)N(C)CC(C)C)c1=O. The summed E-state index contributed by atoms with van der Waals surface area (Å²) < 4.78 is 7.10. The number of carbonyl (C=O) groups excluding carboxylic acids is 2. The van der Waals surface area contributed by atoms with E-state index < -0.39 is 5.43 Å². The fraction of sp³-hybridized carbons (Fsp3) is 0.519. The molecule has 7 heteroatoms. The fourth-order valence-electron chi connectivity index (χ4n) is 4.69. The number of carbonyl (C=O) groups is 2. The Bertz CT molecular complexity index is 1080. The molecule has 1 aromatic heterocycles. The van der Waals surface area contributed by atoms with Crippen molar-refractivity contribution < 1.29 is 14.3 Å². The van der Waals surface area contributed by atoms with Gasteiger partial charge in [0.15, 0.2) is 0 Å². The van der Waals surface area contributed by atoms with E-state index in [0.717, 1.165) is 37.0 Å². The van der Waals surface area contributed by atoms with Crippen LogP contribution in [0.3, 0.4) is 0 Å². The molecule has 184 valence electrons. The van der Waals surface area contributed by atoms with Crippen LogP contribution < -0.4 is 10.2 Å². The minimum atomic E-state index is -0.493. The van der Waals surface area contributed by atoms with Crippen molar-refractivity contribution in [2.45, 2.75) is 59.0 Å². The van der Waals surface area contributed by atoms with Crippen LogP contribution in [0.2, 0.25) is 0 Å². The molecule has 0 bridgehead atoms. The summed E-state index contributed by atoms with van der Waals surface area (Å²) in [5.41, 5.74) is 0.543. The van der Waals surface area contributed by atoms with Gasteiger partial charge in [0.05, 0.1) is 7.11 Å². The van der Waals surface area contributed by atoms with Crippen molar-refractivity contribution >= 4 is 11.8 Å². The number of benzene rings is 1. The molecule has 2 aromatic rings. The van der Waals surface area contributed by atoms with Crippen molar-refractivity contribution in [2.75, 3.05) is 27.2 Å². The zero-order valence-electron chi connectivity index (χ0n) is 21.0. The Kier molecular flexibility index (Phi) is 8.53. The molecular formula is C27H37N3O4. The van der Waals surface area contributed by atoms with Crippen LogP contribution in [0, 0.1) is 5.92 Å². The first-order chi connectivity index (χ1) is 16.2. The standard InChI is InChI=1S/C27H37N3O4/c1-6-21-11-7-8-13-30(21)27(33)24-18-29(16-20-10-9-12-22(14-20)34-5)17-23(25(24)31)26(32)28(4)15-19(2)3/h9-10,12,14,17-19,21H,6-8,11,13,15-16H2,1-5H3. The third kappa shape index (κ3) is 5.88. The van der Waals surface area contributed by atoms with Gasteiger partial charge in [-0.2, -0.15) is 0 Å². The number of methoxy groups -OCH3 is 1. The number of ether oxygens (including phenoxy) is 1. The molecule has 34 heavy (non-hydrogen) atoms. The molecule has 0 spiro atoms. The van der Waals surface area contributed by atoms with Gasteiger partial charge >= 0.3 is 0 Å². The van der Waals surface area contributed by atoms with Gasteiger partial charge in [0.2, 0.25) is 5.43 Å². The van der Waals surface area contributed by atoms with E-state index in [1.165, 1.54) is 0 Å². The average molecular weight is 468 g/mol. The first-order valence-electron chi connectivity index (χ1n) is 12.2. The van der Waals surface area contributed by atoms with E-state index in [0.29, 0.717) is 19.6 Å². The number of aromatic nitrogens is 1. The van der Waals surface area contributed by atoms with Crippen LogP contribution in [0.1, 0.15) is 72.7 Å². The van der Waals surface area contributed by atoms with Gasteiger partial charge in [0.25, 0.3) is 11.8 Å². The quantitative estimate of drug-likeness (QED) is 0.588. The number of amides is 2. The molecule has 1 aliphatic rings. The van der Waals surface area contributed by atoms with E-state index in [1.54, 1.807) is 36.0 Å². The highest BCUT2D eigenvalue weighted by molar-refractivity contribution is 5.99. The molecule has 0 saturated carbocycles. The summed E-state index contributed by atoms with van der Waals surface area (Å²) in [6, 6.07) is 7.73. The number of hydrogen-bond acceptors (Lipinski definition) is 4. The van der Waals surface area contributed by atoms with Crippen molar-refractivity contribution in [3.8, 4) is 5.75 Å². The van der Waals surface area contributed by atoms with Crippen LogP contribution in [0.5, 0.6) is 5.75 Å². The summed E-state index contributed by atoms with van der Waals surface area (Å²) in [4.78, 5) is 43.7. The van der Waals surface area contributed by atoms with E-state index in [4.69, 9.17) is 4.74 Å². The Morgan fingerprint density at radius 3 is 2.59 bits per heavy atom. The van der Waals surface area contributed by atoms with E-state index >= 15 is 0 Å². The van der Waals surface area contributed by atoms with Gasteiger partial charge in [-0.25, -0.2) is 0 Å². The lowest BCUT2D eigenvalue weighted by Gasteiger charge is -2.35. The monoisotopic (exact) mass is 467 g/mol. The van der Waals surface area contributed by atoms with Crippen LogP contribution >= 0.6 is 0 Å². The van der Waals surface area contributed by atoms with E-state index in [2.05, 4.69) is 6.92 Å². The zero-order chi connectivity index (χ0) is 24.8. The zero-order valence-corrected chi connectivity index (χ0v) is 21.0. The largest absolute Gasteiger partial charge is 0.497 e. The highest BCUT2D eigenvalue weighted by atomic mass is 16.5. The molecule has 1 aromatic carbocycles. The van der Waals surface area contributed by atoms with Crippen LogP contribution in [0.25, 0.3) is 0 Å². The van der Waals surface area contributed by atoms with Gasteiger partial charge < -0.3 is 19.1 Å². The second-order valence-corrected chi connectivity index (χ2v) is 9.57. The van der Waals surface area contributed by atoms with Crippen molar-refractivity contribution in [2.24, 2.45) is 5.92 Å². The smallest absolute Gasteiger partial charge is 0.259 e. The molecule has 7 nitrogen and oxygen atoms in total. The topological polar surface area (TPSA) is 71.8 Å². The molecule has 1 aliphatic heterocycles. The van der Waals surface area contributed by atoms with Crippen molar-refractivity contribution in [1.82, 2.24) is 14.4 Å². The number of hydrogen-bond donors (Lipinski definition) is 0. The molecule has 0 N–H and O–H groups in total. The van der Waals surface area contributed by atoms with E-state index in [9.17, 15) is 14.4 Å². The molecule has 1 fully saturated rings. The Morgan fingerprint density at radius 1 is 1.18 bits per heavy atom. The average Bonchev–Trinajstić information content (AvgIpc) is 2.83. The van der Waals surface area contributed by atoms with Crippen LogP contribution in [-0.4, -0.2) is 59.5 Å². The number of pyridine rings is 1. The van der Waals surface area contributed by atoms with Crippen molar-refractivity contribution in [1.29, 1.82) is 0 Å². The maximum Gasteiger partial charge on any atom is 0.259 e. The van der Waals surface area contributed by atoms with Crippen LogP contribution in [-0.2, 0) is 6.54 Å². The van der Waals surface area contributed by atoms with Gasteiger partial charge in [-0.3, -0.25) is 14.4 Å². The lowest BCUT2D eigenvalue weighted by atomic mass is 9.98. The van der Waals surface area contributed by atoms with E-state index in [1.807, 2.05) is 43.0 Å². The second kappa shape index (κ2) is 11.4. The Balaban J connectivity index is 2.06. The Hall–Kier alpha value is -3.09. The van der Waals surface area contributed by atoms with Gasteiger partial charge in [-0.15, -0.1) is 0 Å². The minimum absolute atomic E-state index is 0.0296. The van der Waals surface area contributed by atoms with Gasteiger partial charge in [0.1, 0.15) is 16.9 Å². The molecule has 1 saturated heterocycles. The van der Waals surface area contributed by atoms with Crippen molar-refractivity contribution in [3.05, 3.63) is 63.6 Å². The number of rotatable bonds is 8. The number of nitrogens with zero attached hydrogens (tertiary/aromatic N) is 3. The van der Waals surface area contributed by atoms with Crippen LogP contribution in [0.15, 0.2) is 41.5 Å². The maximum atomic E-state index is 13.6. The first-order valence-corrected chi connectivity index (χ1v) is 12.2. The summed E-state index contributed by atoms with van der Waals surface area (Å²) in [6.07, 6.45) is 6.97. The summed E-state index contributed by atoms with van der Waals surface area (Å²) in [6.45, 7) is 7.67. The van der Waals surface area contributed by atoms with E-state index in [-0.39, 0.29) is 34.9 Å². The fourth-order valence-corrected chi connectivity index (χ4v) is 4.69. The van der Waals surface area contributed by atoms with Crippen LogP contribution in [0.4, 0.5) is 0 Å². The molecular weight excluding hydrogens is 430 g/mol. The first kappa shape index (κ1) is 25.5. The highest BCUT2D eigenvalue weighted by Gasteiger charge is 2.30. The highest BCUT2D eigenvalue weighted by Crippen LogP contribution is 2.22. The van der Waals surface area contributed by atoms with Gasteiger partial charge in [-0.1, -0.05) is 32.9 Å². The second-order valence-electron chi connectivity index (χ2n) is 9.57. The molecule has 3 rings (SSSR count). The molecule has 1 unspecified atom stereocenters. The summed E-state index contributed by atoms with van der Waals surface area (Å²) in [5.74, 6) is 0.342. The van der Waals surface area contributed by atoms with Gasteiger partial charge in [-0.05, 0) is 49.3 Å². The number of piperidine rings is 1. The van der Waals surface area contributed by atoms with Gasteiger partial charge in [0, 0.05) is 45.1 Å². The Morgan fingerprint density at radius 2 is 1.91 bits per heavy atom. The maximum absolute atomic E-state index is 13.6. The summed E-state index contributed by atoms with van der Waals surface area (Å²) in [7, 11) is 3.31. The Labute approximate surface area is 202 Å². The third-order valence-electron chi connectivity index (χ3n) is 6.38. The molecule has 0 aliphatic carbocycles. The molecule has 2 heterocycles. The third-order valence-corrected chi connectivity index (χ3v) is 6.38. The minimum Gasteiger partial charge on any atom is -0.497 e. The summed E-state index contributed by atoms with van der Waals surface area (Å²) in [5, 5.41) is 0. The lowest BCUT2D eigenvalue weighted by molar-refractivity contribution is 0.0605. The summed E-state index contributed by atoms with van der Waals surface area (Å²) >= 11 is 0. The predicted octanol–water partition coefficient (Wildman–Crippen LogP) is 4.04. The number of likely N-dealkylation sites (tertiary alicyclic amines) is 1. The molecule has 0 radical (unpaired) electrons. The lowest BCUT2D eigenvalue weighted by Crippen LogP contribution is -2.45. The normalized spacial score (nSPS) is 15.9.